The molecular formula is C12H15N9. The van der Waals surface area contributed by atoms with Crippen LogP contribution >= 0.6 is 0 Å². The van der Waals surface area contributed by atoms with Crippen LogP contribution in [0.25, 0.3) is 5.65 Å². The average Bonchev–Trinajstić information content (AvgIpc) is 3.12. The molecular weight excluding hydrogens is 270 g/mol. The number of anilines is 1. The Morgan fingerprint density at radius 3 is 3.14 bits per heavy atom. The van der Waals surface area contributed by atoms with Crippen LogP contribution in [-0.4, -0.2) is 46.1 Å². The van der Waals surface area contributed by atoms with Crippen molar-refractivity contribution in [1.29, 1.82) is 0 Å². The molecule has 0 bridgehead atoms. The van der Waals surface area contributed by atoms with E-state index in [1.807, 2.05) is 12.1 Å². The van der Waals surface area contributed by atoms with E-state index in [1.54, 1.807) is 0 Å². The van der Waals surface area contributed by atoms with Gasteiger partial charge in [0.15, 0.2) is 5.65 Å². The summed E-state index contributed by atoms with van der Waals surface area (Å²) in [6.45, 7) is 2.96. The molecule has 1 atom stereocenters. The molecule has 0 amide bonds. The maximum Gasteiger partial charge on any atom is 0.200 e. The first-order valence-corrected chi connectivity index (χ1v) is 7.06. The third-order valence-electron chi connectivity index (χ3n) is 3.76. The molecule has 1 N–H and O–H groups in total. The minimum Gasteiger partial charge on any atom is -0.364 e. The quantitative estimate of drug-likeness (QED) is 0.728. The van der Waals surface area contributed by atoms with E-state index < -0.39 is 0 Å². The van der Waals surface area contributed by atoms with Crippen molar-refractivity contribution in [3.8, 4) is 0 Å². The average molecular weight is 285 g/mol. The van der Waals surface area contributed by atoms with Crippen molar-refractivity contribution in [2.24, 2.45) is 0 Å². The summed E-state index contributed by atoms with van der Waals surface area (Å²) >= 11 is 0. The van der Waals surface area contributed by atoms with E-state index in [9.17, 15) is 0 Å². The molecule has 0 saturated carbocycles. The highest BCUT2D eigenvalue weighted by Gasteiger charge is 2.22. The smallest absolute Gasteiger partial charge is 0.200 e. The number of nitrogens with zero attached hydrogens (tertiary/aromatic N) is 8. The minimum atomic E-state index is 0.306. The first-order chi connectivity index (χ1) is 10.3. The molecule has 3 aromatic rings. The number of aryl methyl sites for hydroxylation is 2. The van der Waals surface area contributed by atoms with Crippen LogP contribution < -0.4 is 5.32 Å². The third-order valence-corrected chi connectivity index (χ3v) is 3.76. The largest absolute Gasteiger partial charge is 0.364 e. The molecule has 0 radical (unpaired) electrons. The van der Waals surface area contributed by atoms with Crippen LogP contribution in [0.3, 0.4) is 0 Å². The maximum absolute atomic E-state index is 4.34. The zero-order valence-corrected chi connectivity index (χ0v) is 11.6. The molecule has 108 valence electrons. The van der Waals surface area contributed by atoms with E-state index in [0.717, 1.165) is 43.3 Å². The Hall–Kier alpha value is -2.58. The van der Waals surface area contributed by atoms with E-state index in [1.165, 1.54) is 4.63 Å². The lowest BCUT2D eigenvalue weighted by Crippen LogP contribution is -2.32. The van der Waals surface area contributed by atoms with Crippen LogP contribution in [0.2, 0.25) is 0 Å². The molecule has 0 spiro atoms. The molecule has 0 unspecified atom stereocenters. The first-order valence-electron chi connectivity index (χ1n) is 7.06. The Morgan fingerprint density at radius 2 is 2.24 bits per heavy atom. The van der Waals surface area contributed by atoms with Crippen molar-refractivity contribution in [3.05, 3.63) is 23.8 Å². The number of fused-ring (bicyclic) bond motifs is 2. The number of aromatic nitrogens is 8. The van der Waals surface area contributed by atoms with Gasteiger partial charge in [0.05, 0.1) is 0 Å². The summed E-state index contributed by atoms with van der Waals surface area (Å²) < 4.78 is 3.63. The minimum absolute atomic E-state index is 0.306. The van der Waals surface area contributed by atoms with Crippen LogP contribution in [0.15, 0.2) is 12.1 Å². The lowest BCUT2D eigenvalue weighted by Gasteiger charge is -2.25. The fraction of sp³-hybridized carbons (Fsp3) is 0.500. The van der Waals surface area contributed by atoms with Crippen LogP contribution in [0.1, 0.15) is 25.0 Å². The van der Waals surface area contributed by atoms with Gasteiger partial charge in [0.25, 0.3) is 0 Å². The summed E-state index contributed by atoms with van der Waals surface area (Å²) in [5.41, 5.74) is 0.638. The van der Waals surface area contributed by atoms with Crippen LogP contribution in [0.4, 0.5) is 5.82 Å². The number of nitrogens with one attached hydrogen (secondary N) is 1. The van der Waals surface area contributed by atoms with Gasteiger partial charge in [-0.05, 0) is 29.0 Å². The van der Waals surface area contributed by atoms with Gasteiger partial charge in [0.2, 0.25) is 0 Å². The van der Waals surface area contributed by atoms with Gasteiger partial charge in [-0.1, -0.05) is 6.92 Å². The summed E-state index contributed by atoms with van der Waals surface area (Å²) in [5, 5.41) is 27.5. The van der Waals surface area contributed by atoms with E-state index in [-0.39, 0.29) is 0 Å². The fourth-order valence-electron chi connectivity index (χ4n) is 2.70. The van der Waals surface area contributed by atoms with Gasteiger partial charge in [-0.15, -0.1) is 25.0 Å². The lowest BCUT2D eigenvalue weighted by molar-refractivity contribution is 0.464. The summed E-state index contributed by atoms with van der Waals surface area (Å²) in [5.74, 6) is 2.89. The molecule has 4 heterocycles. The third kappa shape index (κ3) is 2.10. The second kappa shape index (κ2) is 4.76. The topological polar surface area (TPSA) is 98.7 Å². The van der Waals surface area contributed by atoms with Crippen molar-refractivity contribution in [1.82, 2.24) is 40.0 Å². The zero-order valence-electron chi connectivity index (χ0n) is 11.6. The van der Waals surface area contributed by atoms with Crippen molar-refractivity contribution < 1.29 is 0 Å². The van der Waals surface area contributed by atoms with E-state index in [4.69, 9.17) is 0 Å². The summed E-state index contributed by atoms with van der Waals surface area (Å²) in [4.78, 5) is 0. The summed E-state index contributed by atoms with van der Waals surface area (Å²) in [6.07, 6.45) is 2.84. The molecule has 0 aromatic carbocycles. The van der Waals surface area contributed by atoms with Crippen molar-refractivity contribution >= 4 is 11.5 Å². The van der Waals surface area contributed by atoms with Gasteiger partial charge < -0.3 is 9.88 Å². The van der Waals surface area contributed by atoms with Gasteiger partial charge >= 0.3 is 0 Å². The molecule has 9 heteroatoms. The molecule has 1 aliphatic rings. The molecule has 3 aromatic heterocycles. The van der Waals surface area contributed by atoms with Crippen LogP contribution in [-0.2, 0) is 19.4 Å². The zero-order chi connectivity index (χ0) is 14.2. The van der Waals surface area contributed by atoms with Crippen molar-refractivity contribution in [3.63, 3.8) is 0 Å². The molecule has 4 rings (SSSR count). The van der Waals surface area contributed by atoms with Crippen LogP contribution in [0.5, 0.6) is 0 Å². The fourth-order valence-corrected chi connectivity index (χ4v) is 2.70. The number of tetrazole rings is 1. The van der Waals surface area contributed by atoms with Gasteiger partial charge in [0.1, 0.15) is 17.5 Å². The highest BCUT2D eigenvalue weighted by molar-refractivity contribution is 5.42. The molecule has 0 aliphatic carbocycles. The standard InChI is InChI=1S/C12H15N9/c1-2-10-14-15-11-5-3-8(7-20(10)11)13-9-4-6-12-16-18-19-21(12)17-9/h4,6,8H,2-3,5,7H2,1H3,(H,13,17)/t8-/m1/s1. The van der Waals surface area contributed by atoms with Crippen LogP contribution in [0, 0.1) is 0 Å². The highest BCUT2D eigenvalue weighted by atomic mass is 15.6. The molecule has 1 aliphatic heterocycles. The number of rotatable bonds is 3. The molecule has 0 fully saturated rings. The van der Waals surface area contributed by atoms with Gasteiger partial charge in [-0.3, -0.25) is 0 Å². The first kappa shape index (κ1) is 12.2. The predicted molar refractivity (Wildman–Crippen MR) is 73.7 cm³/mol. The normalized spacial score (nSPS) is 17.9. The monoisotopic (exact) mass is 285 g/mol. The Morgan fingerprint density at radius 1 is 1.29 bits per heavy atom. The predicted octanol–water partition coefficient (Wildman–Crippen LogP) is 0.100. The highest BCUT2D eigenvalue weighted by Crippen LogP contribution is 2.18. The Balaban J connectivity index is 1.55. The summed E-state index contributed by atoms with van der Waals surface area (Å²) in [6, 6.07) is 4.05. The van der Waals surface area contributed by atoms with Gasteiger partial charge in [0, 0.05) is 25.4 Å². The maximum atomic E-state index is 4.34. The number of hydrogen-bond donors (Lipinski definition) is 1. The lowest BCUT2D eigenvalue weighted by atomic mass is 10.1. The van der Waals surface area contributed by atoms with Crippen molar-refractivity contribution in [2.75, 3.05) is 5.32 Å². The second-order valence-corrected chi connectivity index (χ2v) is 5.12. The second-order valence-electron chi connectivity index (χ2n) is 5.12. The SMILES string of the molecule is CCc1nnc2n1C[C@H](Nc1ccc3nnnn3n1)CC2. The van der Waals surface area contributed by atoms with E-state index >= 15 is 0 Å². The Kier molecular flexibility index (Phi) is 2.76. The van der Waals surface area contributed by atoms with Gasteiger partial charge in [-0.25, -0.2) is 0 Å². The molecule has 21 heavy (non-hydrogen) atoms. The molecule has 9 nitrogen and oxygen atoms in total. The van der Waals surface area contributed by atoms with E-state index in [0.29, 0.717) is 11.7 Å². The Bertz CT molecular complexity index is 760. The Labute approximate surface area is 120 Å². The van der Waals surface area contributed by atoms with Gasteiger partial charge in [-0.2, -0.15) is 0 Å². The summed E-state index contributed by atoms with van der Waals surface area (Å²) in [7, 11) is 0. The van der Waals surface area contributed by atoms with E-state index in [2.05, 4.69) is 47.6 Å². The van der Waals surface area contributed by atoms with Crippen molar-refractivity contribution in [2.45, 2.75) is 38.8 Å². The number of hydrogen-bond acceptors (Lipinski definition) is 7. The molecule has 0 saturated heterocycles.